The molecule has 0 saturated heterocycles. The van der Waals surface area contributed by atoms with Crippen molar-refractivity contribution in [2.45, 2.75) is 19.8 Å². The summed E-state index contributed by atoms with van der Waals surface area (Å²) >= 11 is 9.58. The van der Waals surface area contributed by atoms with Crippen molar-refractivity contribution in [2.24, 2.45) is 0 Å². The molecule has 0 bridgehead atoms. The zero-order valence-corrected chi connectivity index (χ0v) is 12.7. The van der Waals surface area contributed by atoms with E-state index in [-0.39, 0.29) is 16.6 Å². The zero-order chi connectivity index (χ0) is 14.2. The number of nitrogens with zero attached hydrogens (tertiary/aromatic N) is 2. The first-order chi connectivity index (χ1) is 8.93. The maximum Gasteiger partial charge on any atom is 0.340 e. The first-order valence-electron chi connectivity index (χ1n) is 5.70. The second-order valence-electron chi connectivity index (χ2n) is 4.37. The van der Waals surface area contributed by atoms with Gasteiger partial charge in [0, 0.05) is 4.47 Å². The van der Waals surface area contributed by atoms with Crippen LogP contribution in [0.15, 0.2) is 28.7 Å². The van der Waals surface area contributed by atoms with Crippen LogP contribution in [0.4, 0.5) is 0 Å². The number of carbonyl (C=O) groups is 1. The smallest absolute Gasteiger partial charge is 0.340 e. The molecule has 1 N–H and O–H groups in total. The predicted molar refractivity (Wildman–Crippen MR) is 77.3 cm³/mol. The molecule has 0 aliphatic carbocycles. The molecule has 0 unspecified atom stereocenters. The third-order valence-corrected chi connectivity index (χ3v) is 3.72. The monoisotopic (exact) mass is 342 g/mol. The Morgan fingerprint density at radius 2 is 2.05 bits per heavy atom. The summed E-state index contributed by atoms with van der Waals surface area (Å²) in [7, 11) is 0. The van der Waals surface area contributed by atoms with Crippen LogP contribution in [0.3, 0.4) is 0 Å². The molecule has 0 saturated carbocycles. The van der Waals surface area contributed by atoms with E-state index in [2.05, 4.69) is 21.0 Å². The summed E-state index contributed by atoms with van der Waals surface area (Å²) in [6.07, 6.45) is 0. The highest BCUT2D eigenvalue weighted by atomic mass is 79.9. The molecule has 0 radical (unpaired) electrons. The van der Waals surface area contributed by atoms with E-state index in [1.54, 1.807) is 0 Å². The number of carboxylic acid groups (broad SMARTS) is 1. The van der Waals surface area contributed by atoms with Crippen molar-refractivity contribution in [3.05, 3.63) is 45.1 Å². The van der Waals surface area contributed by atoms with Crippen LogP contribution in [0.1, 0.15) is 35.8 Å². The van der Waals surface area contributed by atoms with Gasteiger partial charge in [-0.2, -0.15) is 5.10 Å². The van der Waals surface area contributed by atoms with Crippen LogP contribution in [-0.2, 0) is 0 Å². The SMILES string of the molecule is CC(C)c1nn(-c2ccccc2Br)c(Cl)c1C(=O)O. The number of rotatable bonds is 3. The Labute approximate surface area is 124 Å². The fourth-order valence-corrected chi connectivity index (χ4v) is 2.56. The van der Waals surface area contributed by atoms with E-state index in [0.29, 0.717) is 11.4 Å². The van der Waals surface area contributed by atoms with Crippen LogP contribution in [0, 0.1) is 0 Å². The first-order valence-corrected chi connectivity index (χ1v) is 6.87. The lowest BCUT2D eigenvalue weighted by atomic mass is 10.1. The normalized spacial score (nSPS) is 11.0. The molecule has 0 amide bonds. The third-order valence-electron chi connectivity index (χ3n) is 2.70. The molecule has 0 atom stereocenters. The van der Waals surface area contributed by atoms with E-state index >= 15 is 0 Å². The van der Waals surface area contributed by atoms with Crippen molar-refractivity contribution in [3.63, 3.8) is 0 Å². The maximum atomic E-state index is 11.3. The largest absolute Gasteiger partial charge is 0.478 e. The highest BCUT2D eigenvalue weighted by Gasteiger charge is 2.25. The van der Waals surface area contributed by atoms with Crippen molar-refractivity contribution in [1.29, 1.82) is 0 Å². The topological polar surface area (TPSA) is 55.1 Å². The van der Waals surface area contributed by atoms with E-state index in [1.807, 2.05) is 38.1 Å². The molecular formula is C13H12BrClN2O2. The van der Waals surface area contributed by atoms with Gasteiger partial charge in [0.1, 0.15) is 10.7 Å². The fourth-order valence-electron chi connectivity index (χ4n) is 1.80. The Kier molecular flexibility index (Phi) is 3.96. The molecule has 100 valence electrons. The number of halogens is 2. The van der Waals surface area contributed by atoms with Gasteiger partial charge in [-0.1, -0.05) is 37.6 Å². The minimum Gasteiger partial charge on any atom is -0.478 e. The lowest BCUT2D eigenvalue weighted by Gasteiger charge is -2.05. The second-order valence-corrected chi connectivity index (χ2v) is 5.59. The number of hydrogen-bond acceptors (Lipinski definition) is 2. The van der Waals surface area contributed by atoms with Crippen LogP contribution in [0.2, 0.25) is 5.15 Å². The lowest BCUT2D eigenvalue weighted by Crippen LogP contribution is -2.01. The van der Waals surface area contributed by atoms with Gasteiger partial charge in [-0.25, -0.2) is 9.48 Å². The third kappa shape index (κ3) is 2.53. The average molecular weight is 344 g/mol. The molecule has 2 rings (SSSR count). The Morgan fingerprint density at radius 1 is 1.42 bits per heavy atom. The maximum absolute atomic E-state index is 11.3. The summed E-state index contributed by atoms with van der Waals surface area (Å²) in [6, 6.07) is 7.38. The van der Waals surface area contributed by atoms with E-state index in [1.165, 1.54) is 4.68 Å². The summed E-state index contributed by atoms with van der Waals surface area (Å²) in [5.41, 5.74) is 1.25. The van der Waals surface area contributed by atoms with Gasteiger partial charge in [-0.05, 0) is 34.0 Å². The molecule has 1 aromatic carbocycles. The van der Waals surface area contributed by atoms with Gasteiger partial charge >= 0.3 is 5.97 Å². The van der Waals surface area contributed by atoms with Crippen LogP contribution in [0.5, 0.6) is 0 Å². The molecule has 0 fully saturated rings. The molecule has 6 heteroatoms. The lowest BCUT2D eigenvalue weighted by molar-refractivity contribution is 0.0695. The second kappa shape index (κ2) is 5.35. The van der Waals surface area contributed by atoms with Gasteiger partial charge in [0.25, 0.3) is 0 Å². The number of para-hydroxylation sites is 1. The molecule has 19 heavy (non-hydrogen) atoms. The molecule has 2 aromatic rings. The molecule has 1 aromatic heterocycles. The van der Waals surface area contributed by atoms with Crippen molar-refractivity contribution in [1.82, 2.24) is 9.78 Å². The van der Waals surface area contributed by atoms with Gasteiger partial charge in [-0.15, -0.1) is 0 Å². The van der Waals surface area contributed by atoms with E-state index in [4.69, 9.17) is 11.6 Å². The summed E-state index contributed by atoms with van der Waals surface area (Å²) in [4.78, 5) is 11.3. The molecule has 4 nitrogen and oxygen atoms in total. The first kappa shape index (κ1) is 14.1. The summed E-state index contributed by atoms with van der Waals surface area (Å²) in [5.74, 6) is -1.08. The Hall–Kier alpha value is -1.33. The predicted octanol–water partition coefficient (Wildman–Crippen LogP) is 4.11. The Bertz CT molecular complexity index is 638. The number of benzene rings is 1. The van der Waals surface area contributed by atoms with Gasteiger partial charge in [0.05, 0.1) is 11.4 Å². The van der Waals surface area contributed by atoms with Crippen molar-refractivity contribution in [3.8, 4) is 5.69 Å². The molecule has 0 spiro atoms. The summed E-state index contributed by atoms with van der Waals surface area (Å²) in [6.45, 7) is 3.77. The van der Waals surface area contributed by atoms with Crippen molar-refractivity contribution >= 4 is 33.5 Å². The van der Waals surface area contributed by atoms with Gasteiger partial charge in [0.2, 0.25) is 0 Å². The van der Waals surface area contributed by atoms with Gasteiger partial charge < -0.3 is 5.11 Å². The van der Waals surface area contributed by atoms with E-state index in [0.717, 1.165) is 4.47 Å². The Balaban J connectivity index is 2.70. The van der Waals surface area contributed by atoms with Crippen LogP contribution >= 0.6 is 27.5 Å². The quantitative estimate of drug-likeness (QED) is 0.912. The fraction of sp³-hybridized carbons (Fsp3) is 0.231. The minimum atomic E-state index is -1.06. The molecular weight excluding hydrogens is 332 g/mol. The van der Waals surface area contributed by atoms with Gasteiger partial charge in [-0.3, -0.25) is 0 Å². The number of aromatic carboxylic acids is 1. The van der Waals surface area contributed by atoms with Gasteiger partial charge in [0.15, 0.2) is 0 Å². The Morgan fingerprint density at radius 3 is 2.53 bits per heavy atom. The van der Waals surface area contributed by atoms with Crippen LogP contribution < -0.4 is 0 Å². The number of aromatic nitrogens is 2. The molecule has 0 aliphatic heterocycles. The summed E-state index contributed by atoms with van der Waals surface area (Å²) < 4.78 is 2.25. The number of hydrogen-bond donors (Lipinski definition) is 1. The van der Waals surface area contributed by atoms with Crippen LogP contribution in [0.25, 0.3) is 5.69 Å². The highest BCUT2D eigenvalue weighted by molar-refractivity contribution is 9.10. The van der Waals surface area contributed by atoms with E-state index in [9.17, 15) is 9.90 Å². The summed E-state index contributed by atoms with van der Waals surface area (Å²) in [5, 5.41) is 13.7. The molecule has 0 aliphatic rings. The van der Waals surface area contributed by atoms with Crippen molar-refractivity contribution < 1.29 is 9.90 Å². The highest BCUT2D eigenvalue weighted by Crippen LogP contribution is 2.30. The van der Waals surface area contributed by atoms with E-state index < -0.39 is 5.97 Å². The number of carboxylic acids is 1. The standard InChI is InChI=1S/C13H12BrClN2O2/c1-7(2)11-10(13(18)19)12(15)17(16-11)9-6-4-3-5-8(9)14/h3-7H,1-2H3,(H,18,19). The van der Waals surface area contributed by atoms with Crippen molar-refractivity contribution in [2.75, 3.05) is 0 Å². The average Bonchev–Trinajstić information content (AvgIpc) is 2.68. The zero-order valence-electron chi connectivity index (χ0n) is 10.4. The van der Waals surface area contributed by atoms with Crippen LogP contribution in [-0.4, -0.2) is 20.9 Å². The minimum absolute atomic E-state index is 0.0210. The molecule has 1 heterocycles.